The van der Waals surface area contributed by atoms with Crippen molar-refractivity contribution < 1.29 is 9.18 Å². The topological polar surface area (TPSA) is 45.2 Å². The number of nitrogens with zero attached hydrogens (tertiary/aromatic N) is 2. The first-order valence-electron chi connectivity index (χ1n) is 7.85. The number of urea groups is 1. The Kier molecular flexibility index (Phi) is 4.91. The number of aromatic nitrogens is 1. The second-order valence-electron chi connectivity index (χ2n) is 5.75. The maximum absolute atomic E-state index is 13.4. The van der Waals surface area contributed by atoms with Crippen LogP contribution in [0.5, 0.6) is 0 Å². The van der Waals surface area contributed by atoms with Crippen LogP contribution in [0, 0.1) is 12.7 Å². The summed E-state index contributed by atoms with van der Waals surface area (Å²) in [5.41, 5.74) is 0.869. The minimum atomic E-state index is -0.256. The zero-order valence-electron chi connectivity index (χ0n) is 13.1. The Hall–Kier alpha value is -1.95. The van der Waals surface area contributed by atoms with Crippen LogP contribution in [0.25, 0.3) is 0 Å². The molecule has 1 saturated heterocycles. The van der Waals surface area contributed by atoms with Crippen molar-refractivity contribution >= 4 is 17.4 Å². The van der Waals surface area contributed by atoms with Crippen molar-refractivity contribution in [3.05, 3.63) is 51.7 Å². The van der Waals surface area contributed by atoms with Crippen LogP contribution >= 0.6 is 11.3 Å². The van der Waals surface area contributed by atoms with E-state index in [4.69, 9.17) is 0 Å². The molecule has 2 heterocycles. The van der Waals surface area contributed by atoms with Crippen LogP contribution in [0.3, 0.4) is 0 Å². The molecule has 2 aromatic rings. The van der Waals surface area contributed by atoms with Gasteiger partial charge >= 0.3 is 6.03 Å². The maximum Gasteiger partial charge on any atom is 0.317 e. The zero-order chi connectivity index (χ0) is 16.2. The standard InChI is InChI=1S/C17H20FN3OS/c1-12-11-20-16(23-12)7-8-19-17(22)21-9-3-6-15(21)13-4-2-5-14(18)10-13/h2,4-5,10-11,15H,3,6-9H2,1H3,(H,19,22)/t15-/m0/s1. The fourth-order valence-electron chi connectivity index (χ4n) is 2.97. The lowest BCUT2D eigenvalue weighted by atomic mass is 10.0. The molecule has 4 nitrogen and oxygen atoms in total. The Morgan fingerprint density at radius 2 is 2.39 bits per heavy atom. The summed E-state index contributed by atoms with van der Waals surface area (Å²) in [6, 6.07) is 6.42. The molecule has 0 aliphatic carbocycles. The summed E-state index contributed by atoms with van der Waals surface area (Å²) in [4.78, 5) is 19.7. The number of hydrogen-bond donors (Lipinski definition) is 1. The maximum atomic E-state index is 13.4. The molecule has 1 fully saturated rings. The lowest BCUT2D eigenvalue weighted by molar-refractivity contribution is 0.193. The molecule has 0 spiro atoms. The molecule has 1 aliphatic heterocycles. The first-order valence-corrected chi connectivity index (χ1v) is 8.66. The van der Waals surface area contributed by atoms with Crippen LogP contribution < -0.4 is 5.32 Å². The SMILES string of the molecule is Cc1cnc(CCNC(=O)N2CCC[C@H]2c2cccc(F)c2)s1. The average Bonchev–Trinajstić information content (AvgIpc) is 3.16. The minimum Gasteiger partial charge on any atom is -0.338 e. The largest absolute Gasteiger partial charge is 0.338 e. The molecule has 0 saturated carbocycles. The van der Waals surface area contributed by atoms with Gasteiger partial charge in [-0.3, -0.25) is 0 Å². The number of benzene rings is 1. The molecule has 2 amide bonds. The number of carbonyl (C=O) groups is 1. The van der Waals surface area contributed by atoms with Gasteiger partial charge in [0.2, 0.25) is 0 Å². The van der Waals surface area contributed by atoms with Gasteiger partial charge in [-0.1, -0.05) is 12.1 Å². The molecule has 0 bridgehead atoms. The number of likely N-dealkylation sites (tertiary alicyclic amines) is 1. The molecule has 1 aromatic heterocycles. The smallest absolute Gasteiger partial charge is 0.317 e. The van der Waals surface area contributed by atoms with E-state index < -0.39 is 0 Å². The van der Waals surface area contributed by atoms with Crippen LogP contribution in [0.1, 0.15) is 34.3 Å². The highest BCUT2D eigenvalue weighted by Gasteiger charge is 2.29. The normalized spacial score (nSPS) is 17.5. The van der Waals surface area contributed by atoms with E-state index in [1.54, 1.807) is 17.4 Å². The van der Waals surface area contributed by atoms with Crippen molar-refractivity contribution in [2.45, 2.75) is 32.2 Å². The Balaban J connectivity index is 1.57. The first-order chi connectivity index (χ1) is 11.1. The Morgan fingerprint density at radius 3 is 3.13 bits per heavy atom. The van der Waals surface area contributed by atoms with Gasteiger partial charge in [0.15, 0.2) is 0 Å². The molecular formula is C17H20FN3OS. The molecule has 122 valence electrons. The summed E-state index contributed by atoms with van der Waals surface area (Å²) in [6.07, 6.45) is 4.41. The average molecular weight is 333 g/mol. The second kappa shape index (κ2) is 7.08. The third-order valence-corrected chi connectivity index (χ3v) is 5.00. The Labute approximate surface area is 139 Å². The van der Waals surface area contributed by atoms with Gasteiger partial charge in [-0.2, -0.15) is 0 Å². The van der Waals surface area contributed by atoms with E-state index in [1.165, 1.54) is 17.0 Å². The number of halogens is 1. The fraction of sp³-hybridized carbons (Fsp3) is 0.412. The van der Waals surface area contributed by atoms with E-state index in [0.717, 1.165) is 29.8 Å². The van der Waals surface area contributed by atoms with Crippen LogP contribution in [0.15, 0.2) is 30.5 Å². The monoisotopic (exact) mass is 333 g/mol. The van der Waals surface area contributed by atoms with Crippen LogP contribution in [0.4, 0.5) is 9.18 Å². The fourth-order valence-corrected chi connectivity index (χ4v) is 3.75. The highest BCUT2D eigenvalue weighted by molar-refractivity contribution is 7.11. The molecule has 23 heavy (non-hydrogen) atoms. The van der Waals surface area contributed by atoms with Crippen molar-refractivity contribution in [3.63, 3.8) is 0 Å². The van der Waals surface area contributed by atoms with Gasteiger partial charge in [-0.15, -0.1) is 11.3 Å². The third kappa shape index (κ3) is 3.88. The molecular weight excluding hydrogens is 313 g/mol. The predicted molar refractivity (Wildman–Crippen MR) is 89.0 cm³/mol. The molecule has 0 unspecified atom stereocenters. The quantitative estimate of drug-likeness (QED) is 0.928. The van der Waals surface area contributed by atoms with Gasteiger partial charge in [0.1, 0.15) is 5.82 Å². The minimum absolute atomic E-state index is 0.0344. The van der Waals surface area contributed by atoms with Crippen molar-refractivity contribution in [1.29, 1.82) is 0 Å². The zero-order valence-corrected chi connectivity index (χ0v) is 13.9. The first kappa shape index (κ1) is 15.9. The number of rotatable bonds is 4. The molecule has 1 aromatic carbocycles. The Bertz CT molecular complexity index is 688. The van der Waals surface area contributed by atoms with Gasteiger partial charge in [-0.25, -0.2) is 14.2 Å². The molecule has 1 atom stereocenters. The van der Waals surface area contributed by atoms with Gasteiger partial charge in [0.25, 0.3) is 0 Å². The van der Waals surface area contributed by atoms with Crippen molar-refractivity contribution in [1.82, 2.24) is 15.2 Å². The van der Waals surface area contributed by atoms with E-state index in [0.29, 0.717) is 13.1 Å². The highest BCUT2D eigenvalue weighted by atomic mass is 32.1. The van der Waals surface area contributed by atoms with Gasteiger partial charge in [0.05, 0.1) is 11.0 Å². The van der Waals surface area contributed by atoms with E-state index in [-0.39, 0.29) is 17.9 Å². The summed E-state index contributed by atoms with van der Waals surface area (Å²) in [5.74, 6) is -0.256. The Morgan fingerprint density at radius 1 is 1.52 bits per heavy atom. The number of nitrogens with one attached hydrogen (secondary N) is 1. The lowest BCUT2D eigenvalue weighted by Crippen LogP contribution is -2.40. The van der Waals surface area contributed by atoms with Crippen LogP contribution in [0.2, 0.25) is 0 Å². The van der Waals surface area contributed by atoms with E-state index >= 15 is 0 Å². The molecule has 6 heteroatoms. The number of aryl methyl sites for hydroxylation is 1. The van der Waals surface area contributed by atoms with Crippen molar-refractivity contribution in [2.24, 2.45) is 0 Å². The van der Waals surface area contributed by atoms with E-state index in [9.17, 15) is 9.18 Å². The summed E-state index contributed by atoms with van der Waals surface area (Å²) >= 11 is 1.65. The number of hydrogen-bond acceptors (Lipinski definition) is 3. The van der Waals surface area contributed by atoms with Crippen LogP contribution in [-0.4, -0.2) is 29.0 Å². The van der Waals surface area contributed by atoms with Crippen LogP contribution in [-0.2, 0) is 6.42 Å². The molecule has 1 aliphatic rings. The second-order valence-corrected chi connectivity index (χ2v) is 7.07. The molecule has 3 rings (SSSR count). The van der Waals surface area contributed by atoms with Gasteiger partial charge in [0, 0.05) is 30.6 Å². The highest BCUT2D eigenvalue weighted by Crippen LogP contribution is 2.32. The van der Waals surface area contributed by atoms with Gasteiger partial charge in [-0.05, 0) is 37.5 Å². The van der Waals surface area contributed by atoms with Crippen molar-refractivity contribution in [2.75, 3.05) is 13.1 Å². The van der Waals surface area contributed by atoms with E-state index in [2.05, 4.69) is 10.3 Å². The third-order valence-electron chi connectivity index (χ3n) is 4.03. The predicted octanol–water partition coefficient (Wildman–Crippen LogP) is 3.68. The summed E-state index contributed by atoms with van der Waals surface area (Å²) in [5, 5.41) is 3.99. The summed E-state index contributed by atoms with van der Waals surface area (Å²) in [6.45, 7) is 3.30. The number of thiazole rings is 1. The number of carbonyl (C=O) groups excluding carboxylic acids is 1. The molecule has 1 N–H and O–H groups in total. The van der Waals surface area contributed by atoms with E-state index in [1.807, 2.05) is 24.1 Å². The number of amides is 2. The summed E-state index contributed by atoms with van der Waals surface area (Å²) < 4.78 is 13.4. The van der Waals surface area contributed by atoms with Gasteiger partial charge < -0.3 is 10.2 Å². The summed E-state index contributed by atoms with van der Waals surface area (Å²) in [7, 11) is 0. The lowest BCUT2D eigenvalue weighted by Gasteiger charge is -2.25. The molecule has 0 radical (unpaired) electrons. The van der Waals surface area contributed by atoms with Crippen molar-refractivity contribution in [3.8, 4) is 0 Å².